The zero-order valence-electron chi connectivity index (χ0n) is 13.9. The number of carbonyl (C=O) groups is 1. The number of nitrogens with one attached hydrogen (secondary N) is 1. The van der Waals surface area contributed by atoms with Crippen LogP contribution in [-0.4, -0.2) is 48.6 Å². The number of hydrogen-bond acceptors (Lipinski definition) is 4. The number of thiophene rings is 1. The minimum absolute atomic E-state index is 0.0325. The summed E-state index contributed by atoms with van der Waals surface area (Å²) in [5, 5.41) is 5.06. The highest BCUT2D eigenvalue weighted by atomic mass is 32.1. The van der Waals surface area contributed by atoms with E-state index in [2.05, 4.69) is 27.7 Å². The Kier molecular flexibility index (Phi) is 5.72. The normalized spacial score (nSPS) is 15.3. The van der Waals surface area contributed by atoms with E-state index in [1.807, 2.05) is 36.1 Å². The molecule has 0 radical (unpaired) electrons. The lowest BCUT2D eigenvalue weighted by Gasteiger charge is -2.34. The molecule has 1 aliphatic heterocycles. The van der Waals surface area contributed by atoms with Crippen molar-refractivity contribution in [2.45, 2.75) is 13.5 Å². The summed E-state index contributed by atoms with van der Waals surface area (Å²) in [5.74, 6) is 0.817. The van der Waals surface area contributed by atoms with Crippen LogP contribution in [0.2, 0.25) is 0 Å². The van der Waals surface area contributed by atoms with Gasteiger partial charge >= 0.3 is 6.03 Å². The van der Waals surface area contributed by atoms with Crippen molar-refractivity contribution in [1.29, 1.82) is 0 Å². The summed E-state index contributed by atoms with van der Waals surface area (Å²) >= 11 is 1.79. The molecule has 1 aromatic carbocycles. The maximum Gasteiger partial charge on any atom is 0.321 e. The van der Waals surface area contributed by atoms with Crippen LogP contribution in [0.5, 0.6) is 5.75 Å². The maximum atomic E-state index is 12.4. The van der Waals surface area contributed by atoms with E-state index >= 15 is 0 Å². The summed E-state index contributed by atoms with van der Waals surface area (Å²) in [4.78, 5) is 18.0. The third kappa shape index (κ3) is 4.49. The van der Waals surface area contributed by atoms with Gasteiger partial charge in [-0.1, -0.05) is 6.07 Å². The van der Waals surface area contributed by atoms with Crippen LogP contribution in [0.3, 0.4) is 0 Å². The van der Waals surface area contributed by atoms with Crippen LogP contribution < -0.4 is 10.1 Å². The van der Waals surface area contributed by atoms with Crippen molar-refractivity contribution in [2.75, 3.05) is 38.1 Å². The summed E-state index contributed by atoms with van der Waals surface area (Å²) in [6.07, 6.45) is 0. The Morgan fingerprint density at radius 2 is 1.92 bits per heavy atom. The van der Waals surface area contributed by atoms with Crippen molar-refractivity contribution >= 4 is 23.1 Å². The highest BCUT2D eigenvalue weighted by Crippen LogP contribution is 2.17. The SMILES string of the molecule is CCOc1ccc(NC(=O)N2CCN(Cc3cccs3)CC2)cc1. The Bertz CT molecular complexity index is 635. The number of anilines is 1. The van der Waals surface area contributed by atoms with E-state index in [9.17, 15) is 4.79 Å². The first-order chi connectivity index (χ1) is 11.7. The molecule has 0 atom stereocenters. The fraction of sp³-hybridized carbons (Fsp3) is 0.389. The van der Waals surface area contributed by atoms with Gasteiger partial charge in [-0.2, -0.15) is 0 Å². The van der Waals surface area contributed by atoms with Crippen molar-refractivity contribution in [3.63, 3.8) is 0 Å². The highest BCUT2D eigenvalue weighted by molar-refractivity contribution is 7.09. The summed E-state index contributed by atoms with van der Waals surface area (Å²) in [6.45, 7) is 6.91. The largest absolute Gasteiger partial charge is 0.494 e. The van der Waals surface area contributed by atoms with Gasteiger partial charge < -0.3 is 15.0 Å². The molecule has 0 aliphatic carbocycles. The van der Waals surface area contributed by atoms with E-state index in [0.29, 0.717) is 6.61 Å². The van der Waals surface area contributed by atoms with Crippen molar-refractivity contribution in [3.05, 3.63) is 46.7 Å². The molecular formula is C18H23N3O2S. The van der Waals surface area contributed by atoms with E-state index in [4.69, 9.17) is 4.74 Å². The van der Waals surface area contributed by atoms with Crippen LogP contribution >= 0.6 is 11.3 Å². The lowest BCUT2D eigenvalue weighted by atomic mass is 10.3. The molecule has 0 unspecified atom stereocenters. The molecule has 2 amide bonds. The van der Waals surface area contributed by atoms with Crippen LogP contribution in [0.25, 0.3) is 0 Å². The summed E-state index contributed by atoms with van der Waals surface area (Å²) < 4.78 is 5.41. The van der Waals surface area contributed by atoms with Gasteiger partial charge in [0, 0.05) is 43.3 Å². The number of rotatable bonds is 5. The molecule has 0 saturated carbocycles. The second-order valence-electron chi connectivity index (χ2n) is 5.73. The van der Waals surface area contributed by atoms with Gasteiger partial charge in [-0.15, -0.1) is 11.3 Å². The van der Waals surface area contributed by atoms with Crippen molar-refractivity contribution in [3.8, 4) is 5.75 Å². The van der Waals surface area contributed by atoms with Gasteiger partial charge in [0.25, 0.3) is 0 Å². The predicted molar refractivity (Wildman–Crippen MR) is 97.8 cm³/mol. The van der Waals surface area contributed by atoms with Crippen LogP contribution in [0.1, 0.15) is 11.8 Å². The van der Waals surface area contributed by atoms with Crippen LogP contribution in [0.4, 0.5) is 10.5 Å². The van der Waals surface area contributed by atoms with Crippen molar-refractivity contribution in [1.82, 2.24) is 9.80 Å². The fourth-order valence-electron chi connectivity index (χ4n) is 2.74. The Morgan fingerprint density at radius 3 is 2.54 bits per heavy atom. The van der Waals surface area contributed by atoms with Crippen molar-refractivity contribution < 1.29 is 9.53 Å². The lowest BCUT2D eigenvalue weighted by Crippen LogP contribution is -2.49. The topological polar surface area (TPSA) is 44.8 Å². The minimum atomic E-state index is -0.0325. The molecular weight excluding hydrogens is 322 g/mol. The first-order valence-electron chi connectivity index (χ1n) is 8.28. The molecule has 3 rings (SSSR count). The van der Waals surface area contributed by atoms with Gasteiger partial charge in [0.2, 0.25) is 0 Å². The molecule has 1 aliphatic rings. The zero-order valence-corrected chi connectivity index (χ0v) is 14.7. The molecule has 6 heteroatoms. The number of piperazine rings is 1. The number of carbonyl (C=O) groups excluding carboxylic acids is 1. The van der Waals surface area contributed by atoms with Gasteiger partial charge in [0.1, 0.15) is 5.75 Å². The number of nitrogens with zero attached hydrogens (tertiary/aromatic N) is 2. The fourth-order valence-corrected chi connectivity index (χ4v) is 3.48. The van der Waals surface area contributed by atoms with Gasteiger partial charge in [-0.25, -0.2) is 4.79 Å². The first-order valence-corrected chi connectivity index (χ1v) is 9.16. The number of ether oxygens (including phenoxy) is 1. The Labute approximate surface area is 146 Å². The molecule has 5 nitrogen and oxygen atoms in total. The molecule has 2 heterocycles. The third-order valence-corrected chi connectivity index (χ3v) is 4.90. The molecule has 0 bridgehead atoms. The van der Waals surface area contributed by atoms with Gasteiger partial charge in [0.05, 0.1) is 6.61 Å². The molecule has 1 aromatic heterocycles. The quantitative estimate of drug-likeness (QED) is 0.902. The van der Waals surface area contributed by atoms with E-state index in [1.165, 1.54) is 4.88 Å². The second kappa shape index (κ2) is 8.17. The average Bonchev–Trinajstić information content (AvgIpc) is 3.10. The molecule has 0 spiro atoms. The Morgan fingerprint density at radius 1 is 1.17 bits per heavy atom. The van der Waals surface area contributed by atoms with Crippen LogP contribution in [0, 0.1) is 0 Å². The molecule has 1 N–H and O–H groups in total. The lowest BCUT2D eigenvalue weighted by molar-refractivity contribution is 0.143. The monoisotopic (exact) mass is 345 g/mol. The summed E-state index contributed by atoms with van der Waals surface area (Å²) in [5.41, 5.74) is 0.796. The molecule has 1 fully saturated rings. The molecule has 24 heavy (non-hydrogen) atoms. The van der Waals surface area contributed by atoms with Gasteiger partial charge in [0.15, 0.2) is 0 Å². The molecule has 1 saturated heterocycles. The Balaban J connectivity index is 1.46. The number of hydrogen-bond donors (Lipinski definition) is 1. The number of amides is 2. The number of urea groups is 1. The Hall–Kier alpha value is -2.05. The zero-order chi connectivity index (χ0) is 16.8. The maximum absolute atomic E-state index is 12.4. The van der Waals surface area contributed by atoms with Gasteiger partial charge in [-0.05, 0) is 42.6 Å². The smallest absolute Gasteiger partial charge is 0.321 e. The third-order valence-electron chi connectivity index (χ3n) is 4.04. The molecule has 2 aromatic rings. The van der Waals surface area contributed by atoms with Crippen molar-refractivity contribution in [2.24, 2.45) is 0 Å². The molecule has 128 valence electrons. The van der Waals surface area contributed by atoms with E-state index < -0.39 is 0 Å². The standard InChI is InChI=1S/C18H23N3O2S/c1-2-23-16-7-5-15(6-8-16)19-18(22)21-11-9-20(10-12-21)14-17-4-3-13-24-17/h3-8,13H,2,9-12,14H2,1H3,(H,19,22). The minimum Gasteiger partial charge on any atom is -0.494 e. The summed E-state index contributed by atoms with van der Waals surface area (Å²) in [6, 6.07) is 11.7. The summed E-state index contributed by atoms with van der Waals surface area (Å²) in [7, 11) is 0. The van der Waals surface area contributed by atoms with E-state index in [-0.39, 0.29) is 6.03 Å². The van der Waals surface area contributed by atoms with Crippen LogP contribution in [-0.2, 0) is 6.54 Å². The average molecular weight is 345 g/mol. The van der Waals surface area contributed by atoms with Crippen LogP contribution in [0.15, 0.2) is 41.8 Å². The van der Waals surface area contributed by atoms with E-state index in [1.54, 1.807) is 11.3 Å². The second-order valence-corrected chi connectivity index (χ2v) is 6.76. The van der Waals surface area contributed by atoms with Gasteiger partial charge in [-0.3, -0.25) is 4.90 Å². The number of benzene rings is 1. The first kappa shape index (κ1) is 16.8. The highest BCUT2D eigenvalue weighted by Gasteiger charge is 2.21. The predicted octanol–water partition coefficient (Wildman–Crippen LogP) is 3.50. The van der Waals surface area contributed by atoms with E-state index in [0.717, 1.165) is 44.2 Å².